The highest BCUT2D eigenvalue weighted by Gasteiger charge is 2.13. The molecule has 0 fully saturated rings. The van der Waals surface area contributed by atoms with Crippen LogP contribution in [0.4, 0.5) is 5.69 Å². The normalized spacial score (nSPS) is 11.1. The van der Waals surface area contributed by atoms with Crippen molar-refractivity contribution in [3.63, 3.8) is 0 Å². The van der Waals surface area contributed by atoms with Gasteiger partial charge in [-0.25, -0.2) is 0 Å². The van der Waals surface area contributed by atoms with Gasteiger partial charge in [0.1, 0.15) is 30.6 Å². The summed E-state index contributed by atoms with van der Waals surface area (Å²) in [5, 5.41) is 14.9. The first kappa shape index (κ1) is 30.4. The number of nitrogens with one attached hydrogen (secondary N) is 1. The average Bonchev–Trinajstić information content (AvgIpc) is 3.04. The second-order valence-electron chi connectivity index (χ2n) is 10.1. The number of anilines is 1. The fraction of sp³-hybridized carbons (Fsp3) is 0.135. The molecule has 0 aliphatic heterocycles. The van der Waals surface area contributed by atoms with Crippen LogP contribution in [0.3, 0.4) is 0 Å². The minimum absolute atomic E-state index is 0.0388. The van der Waals surface area contributed by atoms with E-state index in [1.165, 1.54) is 6.08 Å². The highest BCUT2D eigenvalue weighted by Crippen LogP contribution is 2.32. The fourth-order valence-corrected chi connectivity index (χ4v) is 4.95. The van der Waals surface area contributed by atoms with Crippen molar-refractivity contribution in [3.05, 3.63) is 135 Å². The number of nitrogens with zero attached hydrogens (tertiary/aromatic N) is 1. The number of carbonyl (C=O) groups excluding carboxylic acids is 1. The van der Waals surface area contributed by atoms with Crippen molar-refractivity contribution in [1.82, 2.24) is 0 Å². The van der Waals surface area contributed by atoms with Gasteiger partial charge in [-0.3, -0.25) is 4.79 Å². The van der Waals surface area contributed by atoms with Gasteiger partial charge in [0, 0.05) is 15.7 Å². The molecule has 0 saturated heterocycles. The van der Waals surface area contributed by atoms with E-state index in [4.69, 9.17) is 14.2 Å². The molecule has 0 radical (unpaired) electrons. The summed E-state index contributed by atoms with van der Waals surface area (Å²) in [7, 11) is 0. The van der Waals surface area contributed by atoms with E-state index >= 15 is 0 Å². The molecule has 6 nitrogen and oxygen atoms in total. The van der Waals surface area contributed by atoms with Crippen LogP contribution in [-0.2, 0) is 18.0 Å². The van der Waals surface area contributed by atoms with Crippen LogP contribution >= 0.6 is 15.9 Å². The smallest absolute Gasteiger partial charge is 0.266 e. The Morgan fingerprint density at radius 2 is 1.64 bits per heavy atom. The molecule has 0 spiro atoms. The van der Waals surface area contributed by atoms with Gasteiger partial charge in [-0.2, -0.15) is 5.26 Å². The maximum Gasteiger partial charge on any atom is 0.266 e. The minimum Gasteiger partial charge on any atom is -0.490 e. The molecule has 0 atom stereocenters. The van der Waals surface area contributed by atoms with E-state index in [-0.39, 0.29) is 5.57 Å². The Kier molecular flexibility index (Phi) is 9.96. The SMILES string of the molecule is CCOc1cc(/C=C(\C#N)C(=O)Nc2ccc(OCc3ccc(Br)cc3)cc2)ccc1OCc1c(C)ccc2ccccc12. The van der Waals surface area contributed by atoms with Crippen molar-refractivity contribution >= 4 is 44.4 Å². The summed E-state index contributed by atoms with van der Waals surface area (Å²) in [6.07, 6.45) is 1.53. The van der Waals surface area contributed by atoms with Gasteiger partial charge in [0.05, 0.1) is 6.61 Å². The molecule has 1 amide bonds. The average molecular weight is 648 g/mol. The van der Waals surface area contributed by atoms with E-state index in [0.717, 1.165) is 31.9 Å². The van der Waals surface area contributed by atoms with Crippen LogP contribution in [0.2, 0.25) is 0 Å². The van der Waals surface area contributed by atoms with Crippen LogP contribution in [0, 0.1) is 18.3 Å². The van der Waals surface area contributed by atoms with Crippen LogP contribution in [0.25, 0.3) is 16.8 Å². The van der Waals surface area contributed by atoms with Crippen LogP contribution in [0.5, 0.6) is 17.2 Å². The summed E-state index contributed by atoms with van der Waals surface area (Å²) in [6.45, 7) is 5.21. The van der Waals surface area contributed by atoms with Gasteiger partial charge in [0.15, 0.2) is 11.5 Å². The Balaban J connectivity index is 1.25. The first-order valence-electron chi connectivity index (χ1n) is 14.2. The minimum atomic E-state index is -0.513. The van der Waals surface area contributed by atoms with Gasteiger partial charge in [-0.1, -0.05) is 70.5 Å². The molecule has 5 aromatic carbocycles. The summed E-state index contributed by atoms with van der Waals surface area (Å²) in [4.78, 5) is 13.0. The van der Waals surface area contributed by atoms with Gasteiger partial charge in [0.2, 0.25) is 0 Å². The van der Waals surface area contributed by atoms with E-state index in [1.54, 1.807) is 42.5 Å². The van der Waals surface area contributed by atoms with E-state index < -0.39 is 5.91 Å². The van der Waals surface area contributed by atoms with Gasteiger partial charge in [-0.05, 0) is 95.9 Å². The number of halogens is 1. The maximum atomic E-state index is 13.0. The molecule has 0 aliphatic rings. The van der Waals surface area contributed by atoms with Crippen LogP contribution in [-0.4, -0.2) is 12.5 Å². The molecule has 0 aliphatic carbocycles. The van der Waals surface area contributed by atoms with Crippen molar-refractivity contribution in [3.8, 4) is 23.3 Å². The first-order chi connectivity index (χ1) is 21.4. The zero-order valence-electron chi connectivity index (χ0n) is 24.5. The van der Waals surface area contributed by atoms with E-state index in [2.05, 4.69) is 52.4 Å². The Morgan fingerprint density at radius 1 is 0.864 bits per heavy atom. The molecule has 44 heavy (non-hydrogen) atoms. The van der Waals surface area contributed by atoms with Crippen molar-refractivity contribution in [2.45, 2.75) is 27.1 Å². The second kappa shape index (κ2) is 14.4. The number of amides is 1. The lowest BCUT2D eigenvalue weighted by Gasteiger charge is -2.15. The van der Waals surface area contributed by atoms with Crippen LogP contribution in [0.15, 0.2) is 113 Å². The number of aryl methyl sites for hydroxylation is 1. The highest BCUT2D eigenvalue weighted by atomic mass is 79.9. The quantitative estimate of drug-likeness (QED) is 0.114. The molecule has 7 heteroatoms. The molecule has 0 bridgehead atoms. The maximum absolute atomic E-state index is 13.0. The standard InChI is InChI=1S/C37H31BrN2O4/c1-3-42-36-21-27(11-19-35(36)44-24-34-25(2)8-12-28-6-4-5-7-33(28)34)20-29(22-39)37(41)40-31-15-17-32(18-16-31)43-23-26-9-13-30(38)14-10-26/h4-21H,3,23-24H2,1-2H3,(H,40,41)/b29-20+. The zero-order chi connectivity index (χ0) is 30.9. The van der Waals surface area contributed by atoms with E-state index in [1.807, 2.05) is 49.4 Å². The zero-order valence-corrected chi connectivity index (χ0v) is 26.1. The molecule has 0 saturated carbocycles. The van der Waals surface area contributed by atoms with Crippen LogP contribution < -0.4 is 19.5 Å². The third-order valence-electron chi connectivity index (χ3n) is 7.02. The molecule has 0 unspecified atom stereocenters. The molecular formula is C37H31BrN2O4. The van der Waals surface area contributed by atoms with Crippen LogP contribution in [0.1, 0.15) is 29.2 Å². The van der Waals surface area contributed by atoms with Crippen molar-refractivity contribution in [2.75, 3.05) is 11.9 Å². The summed E-state index contributed by atoms with van der Waals surface area (Å²) < 4.78 is 18.9. The van der Waals surface area contributed by atoms with Crippen molar-refractivity contribution in [2.24, 2.45) is 0 Å². The summed E-state index contributed by atoms with van der Waals surface area (Å²) in [5.74, 6) is 1.28. The van der Waals surface area contributed by atoms with E-state index in [9.17, 15) is 10.1 Å². The summed E-state index contributed by atoms with van der Waals surface area (Å²) in [5.41, 5.74) is 4.46. The Morgan fingerprint density at radius 3 is 2.39 bits per heavy atom. The van der Waals surface area contributed by atoms with Crippen molar-refractivity contribution in [1.29, 1.82) is 5.26 Å². The molecule has 0 heterocycles. The number of hydrogen-bond acceptors (Lipinski definition) is 5. The predicted octanol–water partition coefficient (Wildman–Crippen LogP) is 9.01. The number of nitriles is 1. The monoisotopic (exact) mass is 646 g/mol. The Bertz CT molecular complexity index is 1840. The Labute approximate surface area is 265 Å². The molecule has 1 N–H and O–H groups in total. The summed E-state index contributed by atoms with van der Waals surface area (Å²) >= 11 is 3.43. The lowest BCUT2D eigenvalue weighted by atomic mass is 10.0. The van der Waals surface area contributed by atoms with Gasteiger partial charge < -0.3 is 19.5 Å². The molecule has 5 aromatic rings. The third kappa shape index (κ3) is 7.66. The number of fused-ring (bicyclic) bond motifs is 1. The largest absolute Gasteiger partial charge is 0.490 e. The number of benzene rings is 5. The third-order valence-corrected chi connectivity index (χ3v) is 7.55. The van der Waals surface area contributed by atoms with Gasteiger partial charge in [0.25, 0.3) is 5.91 Å². The number of rotatable bonds is 11. The highest BCUT2D eigenvalue weighted by molar-refractivity contribution is 9.10. The number of hydrogen-bond donors (Lipinski definition) is 1. The lowest BCUT2D eigenvalue weighted by molar-refractivity contribution is -0.112. The fourth-order valence-electron chi connectivity index (χ4n) is 4.68. The van der Waals surface area contributed by atoms with Gasteiger partial charge in [-0.15, -0.1) is 0 Å². The predicted molar refractivity (Wildman–Crippen MR) is 178 cm³/mol. The topological polar surface area (TPSA) is 80.6 Å². The first-order valence-corrected chi connectivity index (χ1v) is 15.0. The molecule has 220 valence electrons. The number of carbonyl (C=O) groups is 1. The van der Waals surface area contributed by atoms with E-state index in [0.29, 0.717) is 48.3 Å². The molecule has 0 aromatic heterocycles. The summed E-state index contributed by atoms with van der Waals surface area (Å²) in [6, 6.07) is 34.8. The molecule has 5 rings (SSSR count). The lowest BCUT2D eigenvalue weighted by Crippen LogP contribution is -2.13. The number of ether oxygens (including phenoxy) is 3. The Hall–Kier alpha value is -5.06. The van der Waals surface area contributed by atoms with Crippen molar-refractivity contribution < 1.29 is 19.0 Å². The molecular weight excluding hydrogens is 616 g/mol. The van der Waals surface area contributed by atoms with Gasteiger partial charge >= 0.3 is 0 Å². The second-order valence-corrected chi connectivity index (χ2v) is 11.0.